The van der Waals surface area contributed by atoms with Gasteiger partial charge >= 0.3 is 6.36 Å². The van der Waals surface area contributed by atoms with Crippen molar-refractivity contribution in [2.75, 3.05) is 13.1 Å². The van der Waals surface area contributed by atoms with Gasteiger partial charge in [0.25, 0.3) is 0 Å². The number of benzene rings is 1. The number of piperidine rings is 1. The van der Waals surface area contributed by atoms with Crippen LogP contribution in [0.4, 0.5) is 13.2 Å². The van der Waals surface area contributed by atoms with Gasteiger partial charge in [-0.15, -0.1) is 24.5 Å². The Hall–Kier alpha value is -1.77. The maximum absolute atomic E-state index is 12.6. The number of nitrogens with zero attached hydrogens (tertiary/aromatic N) is 2. The predicted octanol–water partition coefficient (Wildman–Crippen LogP) is 5.56. The van der Waals surface area contributed by atoms with Gasteiger partial charge < -0.3 is 9.72 Å². The molecule has 1 aromatic carbocycles. The van der Waals surface area contributed by atoms with E-state index < -0.39 is 6.36 Å². The number of alkyl halides is 3. The Bertz CT molecular complexity index is 918. The number of thiazole rings is 1. The Morgan fingerprint density at radius 3 is 2.74 bits per heavy atom. The Morgan fingerprint density at radius 1 is 1.30 bits per heavy atom. The number of halogens is 4. The van der Waals surface area contributed by atoms with Gasteiger partial charge in [0.15, 0.2) is 5.75 Å². The number of ether oxygens (including phenoxy) is 1. The summed E-state index contributed by atoms with van der Waals surface area (Å²) in [6, 6.07) is 2.85. The fourth-order valence-corrected chi connectivity index (χ4v) is 4.45. The molecular weight excluding hydrogens is 399 g/mol. The number of H-pyrrole nitrogens is 1. The van der Waals surface area contributed by atoms with Crippen LogP contribution in [0.5, 0.6) is 5.75 Å². The highest BCUT2D eigenvalue weighted by Gasteiger charge is 2.32. The molecule has 3 heterocycles. The normalized spacial score (nSPS) is 16.9. The average Bonchev–Trinajstić information content (AvgIpc) is 3.25. The van der Waals surface area contributed by atoms with E-state index >= 15 is 0 Å². The van der Waals surface area contributed by atoms with Crippen LogP contribution < -0.4 is 4.74 Å². The third-order valence-corrected chi connectivity index (χ3v) is 5.70. The standard InChI is InChI=1S/C18H17ClF3N3OS/c19-13-5-14-12(7-23-17(14)16(6-13)26-18(20,21)22)8-25-3-1-11(2-4-25)15-9-27-10-24-15/h5-7,9-11,23H,1-4,8H2. The summed E-state index contributed by atoms with van der Waals surface area (Å²) in [5.74, 6) is 0.176. The third kappa shape index (κ3) is 4.23. The number of aromatic nitrogens is 2. The molecule has 0 atom stereocenters. The number of hydrogen-bond donors (Lipinski definition) is 1. The van der Waals surface area contributed by atoms with Gasteiger partial charge in [-0.1, -0.05) is 11.6 Å². The lowest BCUT2D eigenvalue weighted by Gasteiger charge is -2.31. The van der Waals surface area contributed by atoms with Crippen molar-refractivity contribution in [2.24, 2.45) is 0 Å². The zero-order valence-corrected chi connectivity index (χ0v) is 15.8. The molecule has 0 aliphatic carbocycles. The topological polar surface area (TPSA) is 41.1 Å². The van der Waals surface area contributed by atoms with Crippen molar-refractivity contribution >= 4 is 33.8 Å². The molecule has 0 unspecified atom stereocenters. The SMILES string of the molecule is FC(F)(F)Oc1cc(Cl)cc2c(CN3CCC(c4cscn4)CC3)c[nH]c12. The van der Waals surface area contributed by atoms with Crippen LogP contribution >= 0.6 is 22.9 Å². The number of fused-ring (bicyclic) bond motifs is 1. The van der Waals surface area contributed by atoms with Crippen LogP contribution in [0.1, 0.15) is 30.0 Å². The van der Waals surface area contributed by atoms with Gasteiger partial charge in [0, 0.05) is 40.5 Å². The average molecular weight is 416 g/mol. The summed E-state index contributed by atoms with van der Waals surface area (Å²) in [6.07, 6.45) is -0.984. The molecule has 9 heteroatoms. The zero-order valence-electron chi connectivity index (χ0n) is 14.2. The summed E-state index contributed by atoms with van der Waals surface area (Å²) in [7, 11) is 0. The Kier molecular flexibility index (Phi) is 5.05. The first-order valence-electron chi connectivity index (χ1n) is 8.55. The molecule has 0 spiro atoms. The van der Waals surface area contributed by atoms with Crippen LogP contribution in [0.3, 0.4) is 0 Å². The van der Waals surface area contributed by atoms with E-state index in [-0.39, 0.29) is 10.8 Å². The van der Waals surface area contributed by atoms with Crippen molar-refractivity contribution in [3.05, 3.63) is 45.5 Å². The lowest BCUT2D eigenvalue weighted by atomic mass is 9.94. The van der Waals surface area contributed by atoms with E-state index in [9.17, 15) is 13.2 Å². The number of rotatable bonds is 4. The van der Waals surface area contributed by atoms with Crippen LogP contribution in [-0.2, 0) is 6.54 Å². The summed E-state index contributed by atoms with van der Waals surface area (Å²) < 4.78 is 42.0. The van der Waals surface area contributed by atoms with E-state index in [2.05, 4.69) is 25.0 Å². The minimum atomic E-state index is -4.76. The van der Waals surface area contributed by atoms with Crippen molar-refractivity contribution in [2.45, 2.75) is 31.7 Å². The minimum absolute atomic E-state index is 0.213. The summed E-state index contributed by atoms with van der Waals surface area (Å²) in [4.78, 5) is 9.62. The molecule has 3 aromatic rings. The molecule has 1 aliphatic heterocycles. The monoisotopic (exact) mass is 415 g/mol. The van der Waals surface area contributed by atoms with E-state index in [0.717, 1.165) is 37.2 Å². The summed E-state index contributed by atoms with van der Waals surface area (Å²) in [5, 5.41) is 2.97. The largest absolute Gasteiger partial charge is 0.573 e. The first kappa shape index (κ1) is 18.6. The molecule has 1 N–H and O–H groups in total. The van der Waals surface area contributed by atoms with Crippen LogP contribution in [0.25, 0.3) is 10.9 Å². The van der Waals surface area contributed by atoms with Crippen molar-refractivity contribution < 1.29 is 17.9 Å². The maximum atomic E-state index is 12.6. The van der Waals surface area contributed by atoms with Crippen molar-refractivity contribution in [1.82, 2.24) is 14.9 Å². The second-order valence-electron chi connectivity index (χ2n) is 6.65. The van der Waals surface area contributed by atoms with E-state index in [1.165, 1.54) is 6.07 Å². The molecule has 1 aliphatic rings. The Balaban J connectivity index is 1.50. The quantitative estimate of drug-likeness (QED) is 0.606. The second kappa shape index (κ2) is 7.33. The maximum Gasteiger partial charge on any atom is 0.573 e. The molecule has 0 saturated carbocycles. The molecular formula is C18H17ClF3N3OS. The third-order valence-electron chi connectivity index (χ3n) is 4.88. The molecule has 0 amide bonds. The number of hydrogen-bond acceptors (Lipinski definition) is 4. The van der Waals surface area contributed by atoms with Gasteiger partial charge in [-0.3, -0.25) is 4.90 Å². The zero-order chi connectivity index (χ0) is 19.0. The molecule has 1 fully saturated rings. The van der Waals surface area contributed by atoms with Crippen molar-refractivity contribution in [1.29, 1.82) is 0 Å². The Labute approximate surface area is 162 Å². The number of nitrogens with one attached hydrogen (secondary N) is 1. The number of likely N-dealkylation sites (tertiary alicyclic amines) is 1. The summed E-state index contributed by atoms with van der Waals surface area (Å²) in [5.41, 5.74) is 4.24. The first-order chi connectivity index (χ1) is 12.9. The molecule has 4 nitrogen and oxygen atoms in total. The minimum Gasteiger partial charge on any atom is -0.403 e. The smallest absolute Gasteiger partial charge is 0.403 e. The molecule has 2 aromatic heterocycles. The lowest BCUT2D eigenvalue weighted by Crippen LogP contribution is -2.32. The number of aromatic amines is 1. The van der Waals surface area contributed by atoms with Gasteiger partial charge in [-0.2, -0.15) is 0 Å². The lowest BCUT2D eigenvalue weighted by molar-refractivity contribution is -0.274. The summed E-state index contributed by atoms with van der Waals surface area (Å²) >= 11 is 7.63. The van der Waals surface area contributed by atoms with E-state index in [1.54, 1.807) is 23.6 Å². The highest BCUT2D eigenvalue weighted by molar-refractivity contribution is 7.07. The van der Waals surface area contributed by atoms with Gasteiger partial charge in [0.2, 0.25) is 0 Å². The van der Waals surface area contributed by atoms with E-state index in [4.69, 9.17) is 11.6 Å². The highest BCUT2D eigenvalue weighted by Crippen LogP contribution is 2.36. The van der Waals surface area contributed by atoms with Gasteiger partial charge in [0.1, 0.15) is 0 Å². The second-order valence-corrected chi connectivity index (χ2v) is 7.81. The van der Waals surface area contributed by atoms with E-state index in [0.29, 0.717) is 23.4 Å². The molecule has 4 rings (SSSR count). The van der Waals surface area contributed by atoms with Crippen LogP contribution in [0.2, 0.25) is 5.02 Å². The molecule has 27 heavy (non-hydrogen) atoms. The van der Waals surface area contributed by atoms with Crippen LogP contribution in [0, 0.1) is 0 Å². The Morgan fingerprint density at radius 2 is 2.07 bits per heavy atom. The fourth-order valence-electron chi connectivity index (χ4n) is 3.61. The molecule has 0 bridgehead atoms. The van der Waals surface area contributed by atoms with Crippen LogP contribution in [0.15, 0.2) is 29.2 Å². The van der Waals surface area contributed by atoms with Gasteiger partial charge in [-0.05, 0) is 37.6 Å². The molecule has 1 saturated heterocycles. The fraction of sp³-hybridized carbons (Fsp3) is 0.389. The van der Waals surface area contributed by atoms with Crippen molar-refractivity contribution in [3.63, 3.8) is 0 Å². The van der Waals surface area contributed by atoms with E-state index in [1.807, 2.05) is 5.51 Å². The van der Waals surface area contributed by atoms with Crippen LogP contribution in [-0.4, -0.2) is 34.3 Å². The molecule has 144 valence electrons. The van der Waals surface area contributed by atoms with Crippen molar-refractivity contribution in [3.8, 4) is 5.75 Å². The highest BCUT2D eigenvalue weighted by atomic mass is 35.5. The predicted molar refractivity (Wildman–Crippen MR) is 99.4 cm³/mol. The van der Waals surface area contributed by atoms with Gasteiger partial charge in [-0.25, -0.2) is 4.98 Å². The summed E-state index contributed by atoms with van der Waals surface area (Å²) in [6.45, 7) is 2.48. The molecule has 0 radical (unpaired) electrons. The first-order valence-corrected chi connectivity index (χ1v) is 9.87. The van der Waals surface area contributed by atoms with Gasteiger partial charge in [0.05, 0.1) is 16.7 Å².